The highest BCUT2D eigenvalue weighted by Gasteiger charge is 2.55. The van der Waals surface area contributed by atoms with Crippen molar-refractivity contribution in [2.75, 3.05) is 31.2 Å². The zero-order valence-corrected chi connectivity index (χ0v) is 24.5. The molecule has 11 heteroatoms. The highest BCUT2D eigenvalue weighted by atomic mass is 28.3. The number of amides is 1. The molecule has 1 saturated heterocycles. The van der Waals surface area contributed by atoms with Crippen LogP contribution in [0.2, 0.25) is 25.7 Å². The number of nitrogens with one attached hydrogen (secondary N) is 1. The van der Waals surface area contributed by atoms with Crippen molar-refractivity contribution in [1.29, 1.82) is 0 Å². The van der Waals surface area contributed by atoms with E-state index in [4.69, 9.17) is 4.74 Å². The van der Waals surface area contributed by atoms with Gasteiger partial charge in [-0.25, -0.2) is 14.4 Å². The van der Waals surface area contributed by atoms with Crippen molar-refractivity contribution < 1.29 is 24.1 Å². The van der Waals surface area contributed by atoms with Crippen LogP contribution in [-0.4, -0.2) is 71.1 Å². The molecule has 1 aromatic carbocycles. The molecule has 1 unspecified atom stereocenters. The number of hydrogen-bond acceptors (Lipinski definition) is 7. The molecule has 0 radical (unpaired) electrons. The van der Waals surface area contributed by atoms with Crippen LogP contribution in [0.4, 0.5) is 10.2 Å². The first-order chi connectivity index (χ1) is 19.1. The minimum Gasteiger partial charge on any atom is -0.394 e. The van der Waals surface area contributed by atoms with Crippen molar-refractivity contribution in [3.63, 3.8) is 0 Å². The number of ether oxygens (including phenoxy) is 1. The van der Waals surface area contributed by atoms with E-state index in [9.17, 15) is 19.4 Å². The number of anilines is 1. The van der Waals surface area contributed by atoms with Gasteiger partial charge in [-0.05, 0) is 54.5 Å². The number of hydrogen-bond donors (Lipinski definition) is 3. The molecule has 3 aromatic rings. The van der Waals surface area contributed by atoms with Crippen LogP contribution in [0.25, 0.3) is 11.0 Å². The van der Waals surface area contributed by atoms with Gasteiger partial charge in [-0.2, -0.15) is 0 Å². The van der Waals surface area contributed by atoms with Crippen molar-refractivity contribution in [2.45, 2.75) is 63.8 Å². The highest BCUT2D eigenvalue weighted by molar-refractivity contribution is 6.76. The van der Waals surface area contributed by atoms with E-state index in [1.807, 2.05) is 16.8 Å². The third kappa shape index (κ3) is 6.22. The summed E-state index contributed by atoms with van der Waals surface area (Å²) in [6.07, 6.45) is 4.96. The monoisotopic (exact) mass is 569 g/mol. The fourth-order valence-electron chi connectivity index (χ4n) is 5.71. The summed E-state index contributed by atoms with van der Waals surface area (Å²) >= 11 is 0. The number of fused-ring (bicyclic) bond motifs is 1. The molecule has 5 rings (SSSR count). The molecule has 1 aliphatic carbocycles. The largest absolute Gasteiger partial charge is 0.394 e. The predicted octanol–water partition coefficient (Wildman–Crippen LogP) is 3.70. The summed E-state index contributed by atoms with van der Waals surface area (Å²) in [6, 6.07) is 7.71. The number of aromatic nitrogens is 3. The van der Waals surface area contributed by atoms with E-state index in [0.29, 0.717) is 31.8 Å². The lowest BCUT2D eigenvalue weighted by atomic mass is 9.81. The normalized spacial score (nSPS) is 20.1. The number of aliphatic hydroxyl groups excluding tert-OH is 2. The predicted molar refractivity (Wildman–Crippen MR) is 154 cm³/mol. The van der Waals surface area contributed by atoms with E-state index in [1.54, 1.807) is 6.33 Å². The first-order valence-corrected chi connectivity index (χ1v) is 17.8. The Morgan fingerprint density at radius 3 is 2.65 bits per heavy atom. The standard InChI is InChI=1S/C29H40FN5O4Si/c1-40(2,3)15-14-39-19-35-12-8-22-26(31-18-32-27(22)35)34-13-9-23(29(17-34)10-11-29)28(38)33-24(16-36)25(37)20-4-6-21(30)7-5-20/h4-8,12,18,23-25,36-37H,9-11,13-17,19H2,1-3H3,(H,33,38)/t23?,24-,25-/m0/s1. The lowest BCUT2D eigenvalue weighted by Gasteiger charge is -2.40. The molecule has 1 saturated carbocycles. The van der Waals surface area contributed by atoms with Crippen molar-refractivity contribution in [3.8, 4) is 0 Å². The Labute approximate surface area is 235 Å². The van der Waals surface area contributed by atoms with Crippen LogP contribution in [0.1, 0.15) is 30.9 Å². The Hall–Kier alpha value is -2.86. The van der Waals surface area contributed by atoms with Crippen LogP contribution in [0.15, 0.2) is 42.9 Å². The summed E-state index contributed by atoms with van der Waals surface area (Å²) in [5.41, 5.74) is 1.12. The number of carbonyl (C=O) groups is 1. The molecule has 1 aliphatic heterocycles. The first kappa shape index (κ1) is 28.7. The van der Waals surface area contributed by atoms with Gasteiger partial charge < -0.3 is 29.7 Å². The maximum Gasteiger partial charge on any atom is 0.224 e. The second kappa shape index (κ2) is 11.6. The molecule has 40 heavy (non-hydrogen) atoms. The number of aliphatic hydroxyl groups is 2. The lowest BCUT2D eigenvalue weighted by molar-refractivity contribution is -0.130. The van der Waals surface area contributed by atoms with Crippen LogP contribution >= 0.6 is 0 Å². The molecule has 1 spiro atoms. The van der Waals surface area contributed by atoms with E-state index >= 15 is 0 Å². The van der Waals surface area contributed by atoms with E-state index in [-0.39, 0.29) is 17.2 Å². The smallest absolute Gasteiger partial charge is 0.224 e. The molecule has 3 atom stereocenters. The van der Waals surface area contributed by atoms with Crippen LogP contribution in [-0.2, 0) is 16.3 Å². The van der Waals surface area contributed by atoms with Gasteiger partial charge in [0, 0.05) is 39.9 Å². The van der Waals surface area contributed by atoms with Gasteiger partial charge in [0.05, 0.1) is 18.0 Å². The Bertz CT molecular complexity index is 1320. The summed E-state index contributed by atoms with van der Waals surface area (Å²) in [5, 5.41) is 24.5. The van der Waals surface area contributed by atoms with Crippen LogP contribution in [0, 0.1) is 17.2 Å². The summed E-state index contributed by atoms with van der Waals surface area (Å²) in [7, 11) is -1.15. The van der Waals surface area contributed by atoms with Gasteiger partial charge in [0.25, 0.3) is 0 Å². The zero-order valence-electron chi connectivity index (χ0n) is 23.5. The maximum atomic E-state index is 13.4. The van der Waals surface area contributed by atoms with Crippen LogP contribution in [0.5, 0.6) is 0 Å². The fourth-order valence-corrected chi connectivity index (χ4v) is 6.46. The third-order valence-electron chi connectivity index (χ3n) is 8.32. The molecule has 0 bridgehead atoms. The average molecular weight is 570 g/mol. The Morgan fingerprint density at radius 2 is 1.98 bits per heavy atom. The molecule has 3 heterocycles. The quantitative estimate of drug-likeness (QED) is 0.238. The molecule has 2 aromatic heterocycles. The number of benzene rings is 1. The highest BCUT2D eigenvalue weighted by Crippen LogP contribution is 2.56. The molecule has 9 nitrogen and oxygen atoms in total. The molecular formula is C29H40FN5O4Si. The van der Waals surface area contributed by atoms with E-state index < -0.39 is 32.6 Å². The third-order valence-corrected chi connectivity index (χ3v) is 10.0. The topological polar surface area (TPSA) is 113 Å². The first-order valence-electron chi connectivity index (χ1n) is 14.1. The average Bonchev–Trinajstić information content (AvgIpc) is 3.56. The van der Waals surface area contributed by atoms with Crippen molar-refractivity contribution in [3.05, 3.63) is 54.2 Å². The minimum atomic E-state index is -1.15. The van der Waals surface area contributed by atoms with Crippen LogP contribution in [0.3, 0.4) is 0 Å². The van der Waals surface area contributed by atoms with E-state index in [2.05, 4.69) is 39.8 Å². The van der Waals surface area contributed by atoms with Crippen LogP contribution < -0.4 is 10.2 Å². The van der Waals surface area contributed by atoms with Gasteiger partial charge in [0.15, 0.2) is 0 Å². The maximum absolute atomic E-state index is 13.4. The van der Waals surface area contributed by atoms with Gasteiger partial charge >= 0.3 is 0 Å². The lowest BCUT2D eigenvalue weighted by Crippen LogP contribution is -2.51. The van der Waals surface area contributed by atoms with Crippen molar-refractivity contribution >= 4 is 30.8 Å². The molecule has 2 aliphatic rings. The second-order valence-electron chi connectivity index (χ2n) is 12.5. The van der Waals surface area contributed by atoms with E-state index in [0.717, 1.165) is 42.3 Å². The van der Waals surface area contributed by atoms with Gasteiger partial charge in [-0.3, -0.25) is 4.79 Å². The Morgan fingerprint density at radius 1 is 1.23 bits per heavy atom. The minimum absolute atomic E-state index is 0.160. The molecular weight excluding hydrogens is 529 g/mol. The molecule has 3 N–H and O–H groups in total. The second-order valence-corrected chi connectivity index (χ2v) is 18.1. The number of rotatable bonds is 11. The van der Waals surface area contributed by atoms with Gasteiger partial charge in [0.2, 0.25) is 5.91 Å². The van der Waals surface area contributed by atoms with E-state index in [1.165, 1.54) is 24.3 Å². The molecule has 216 valence electrons. The summed E-state index contributed by atoms with van der Waals surface area (Å²) < 4.78 is 21.3. The zero-order chi connectivity index (χ0) is 28.5. The number of piperidine rings is 1. The number of carbonyl (C=O) groups excluding carboxylic acids is 1. The fraction of sp³-hybridized carbons (Fsp3) is 0.552. The molecule has 1 amide bonds. The Balaban J connectivity index is 1.24. The summed E-state index contributed by atoms with van der Waals surface area (Å²) in [5.74, 6) is 0.0777. The van der Waals surface area contributed by atoms with Gasteiger partial charge in [-0.1, -0.05) is 31.8 Å². The van der Waals surface area contributed by atoms with Crippen molar-refractivity contribution in [2.24, 2.45) is 11.3 Å². The summed E-state index contributed by atoms with van der Waals surface area (Å²) in [4.78, 5) is 24.8. The van der Waals surface area contributed by atoms with Crippen molar-refractivity contribution in [1.82, 2.24) is 19.9 Å². The Kier molecular flexibility index (Phi) is 8.28. The summed E-state index contributed by atoms with van der Waals surface area (Å²) in [6.45, 7) is 9.14. The molecule has 2 fully saturated rings. The number of halogens is 1. The van der Waals surface area contributed by atoms with Gasteiger partial charge in [-0.15, -0.1) is 0 Å². The SMILES string of the molecule is C[Si](C)(C)CCOCn1ccc2c(N3CCC(C(=O)N[C@@H](CO)[C@@H](O)c4ccc(F)cc4)C4(CC4)C3)ncnc21. The number of nitrogens with zero attached hydrogens (tertiary/aromatic N) is 4. The van der Waals surface area contributed by atoms with Gasteiger partial charge in [0.1, 0.15) is 36.4 Å².